The molecule has 0 aromatic heterocycles. The van der Waals surface area contributed by atoms with Crippen LogP contribution in [0.4, 0.5) is 11.4 Å². The van der Waals surface area contributed by atoms with Crippen molar-refractivity contribution in [1.82, 2.24) is 5.32 Å². The lowest BCUT2D eigenvalue weighted by molar-refractivity contribution is -0.126. The second-order valence-electron chi connectivity index (χ2n) is 6.71. The Morgan fingerprint density at radius 2 is 1.61 bits per heavy atom. The summed E-state index contributed by atoms with van der Waals surface area (Å²) in [7, 11) is 0. The average molecular weight is 383 g/mol. The second-order valence-corrected chi connectivity index (χ2v) is 6.71. The minimum atomic E-state index is -0.688. The number of ether oxygens (including phenoxy) is 1. The van der Waals surface area contributed by atoms with Gasteiger partial charge in [0.05, 0.1) is 12.1 Å². The van der Waals surface area contributed by atoms with Crippen molar-refractivity contribution in [3.63, 3.8) is 0 Å². The van der Waals surface area contributed by atoms with Gasteiger partial charge in [0.15, 0.2) is 6.61 Å². The first-order chi connectivity index (χ1) is 13.2. The number of carbonyl (C=O) groups is 3. The molecule has 28 heavy (non-hydrogen) atoms. The number of benzene rings is 2. The highest BCUT2D eigenvalue weighted by Gasteiger charge is 2.15. The number of anilines is 2. The fraction of sp³-hybridized carbons (Fsp3) is 0.286. The van der Waals surface area contributed by atoms with Gasteiger partial charge in [-0.3, -0.25) is 9.59 Å². The molecule has 0 bridgehead atoms. The van der Waals surface area contributed by atoms with Gasteiger partial charge < -0.3 is 21.1 Å². The van der Waals surface area contributed by atoms with Gasteiger partial charge in [0.2, 0.25) is 5.91 Å². The Balaban J connectivity index is 1.83. The number of para-hydroxylation sites is 1. The van der Waals surface area contributed by atoms with Crippen LogP contribution >= 0.6 is 0 Å². The molecule has 0 spiro atoms. The minimum absolute atomic E-state index is 0.205. The zero-order valence-corrected chi connectivity index (χ0v) is 16.5. The van der Waals surface area contributed by atoms with Crippen LogP contribution in [0.2, 0.25) is 0 Å². The summed E-state index contributed by atoms with van der Waals surface area (Å²) in [6.45, 7) is 6.85. The molecular weight excluding hydrogens is 358 g/mol. The van der Waals surface area contributed by atoms with Crippen molar-refractivity contribution >= 4 is 29.2 Å². The van der Waals surface area contributed by atoms with Gasteiger partial charge in [-0.1, -0.05) is 29.8 Å². The summed E-state index contributed by atoms with van der Waals surface area (Å²) < 4.78 is 4.96. The first kappa shape index (κ1) is 21.0. The number of hydrogen-bond acceptors (Lipinski definition) is 5. The molecule has 2 amide bonds. The standard InChI is InChI=1S/C21H25N3O4/c1-12-8-14(3)20(15(4)9-12)24-17(25)10-23-18(26)11-28-21(27)16-7-5-6-13(2)19(16)22/h5-9H,10-11,22H2,1-4H3,(H,23,26)(H,24,25). The van der Waals surface area contributed by atoms with E-state index in [2.05, 4.69) is 10.6 Å². The van der Waals surface area contributed by atoms with E-state index in [1.807, 2.05) is 32.9 Å². The topological polar surface area (TPSA) is 111 Å². The van der Waals surface area contributed by atoms with Crippen molar-refractivity contribution in [2.75, 3.05) is 24.2 Å². The first-order valence-corrected chi connectivity index (χ1v) is 8.85. The van der Waals surface area contributed by atoms with Gasteiger partial charge in [-0.05, 0) is 50.5 Å². The van der Waals surface area contributed by atoms with Crippen molar-refractivity contribution in [2.45, 2.75) is 27.7 Å². The van der Waals surface area contributed by atoms with Gasteiger partial charge in [-0.25, -0.2) is 4.79 Å². The normalized spacial score (nSPS) is 10.3. The van der Waals surface area contributed by atoms with E-state index >= 15 is 0 Å². The second kappa shape index (κ2) is 9.03. The highest BCUT2D eigenvalue weighted by Crippen LogP contribution is 2.21. The SMILES string of the molecule is Cc1cc(C)c(NC(=O)CNC(=O)COC(=O)c2cccc(C)c2N)c(C)c1. The van der Waals surface area contributed by atoms with E-state index in [-0.39, 0.29) is 18.0 Å². The summed E-state index contributed by atoms with van der Waals surface area (Å²) >= 11 is 0. The van der Waals surface area contributed by atoms with Crippen LogP contribution in [-0.4, -0.2) is 30.9 Å². The number of aryl methyl sites for hydroxylation is 4. The lowest BCUT2D eigenvalue weighted by Crippen LogP contribution is -2.35. The van der Waals surface area contributed by atoms with Crippen LogP contribution in [0.3, 0.4) is 0 Å². The van der Waals surface area contributed by atoms with Crippen molar-refractivity contribution in [2.24, 2.45) is 0 Å². The Bertz CT molecular complexity index is 899. The predicted molar refractivity (Wildman–Crippen MR) is 108 cm³/mol. The van der Waals surface area contributed by atoms with E-state index in [1.165, 1.54) is 6.07 Å². The van der Waals surface area contributed by atoms with E-state index in [1.54, 1.807) is 19.1 Å². The summed E-state index contributed by atoms with van der Waals surface area (Å²) in [5, 5.41) is 5.21. The van der Waals surface area contributed by atoms with Crippen molar-refractivity contribution in [1.29, 1.82) is 0 Å². The summed E-state index contributed by atoms with van der Waals surface area (Å²) in [5.74, 6) is -1.63. The van der Waals surface area contributed by atoms with E-state index in [0.717, 1.165) is 27.9 Å². The number of hydrogen-bond donors (Lipinski definition) is 3. The molecular formula is C21H25N3O4. The van der Waals surface area contributed by atoms with Crippen LogP contribution in [0.15, 0.2) is 30.3 Å². The maximum absolute atomic E-state index is 12.1. The van der Waals surface area contributed by atoms with Gasteiger partial charge in [-0.15, -0.1) is 0 Å². The zero-order valence-electron chi connectivity index (χ0n) is 16.5. The summed E-state index contributed by atoms with van der Waals surface area (Å²) in [4.78, 5) is 36.0. The molecule has 4 N–H and O–H groups in total. The zero-order chi connectivity index (χ0) is 20.8. The average Bonchev–Trinajstić information content (AvgIpc) is 2.63. The lowest BCUT2D eigenvalue weighted by atomic mass is 10.1. The van der Waals surface area contributed by atoms with Gasteiger partial charge in [0, 0.05) is 11.4 Å². The number of esters is 1. The molecule has 2 aromatic carbocycles. The van der Waals surface area contributed by atoms with Gasteiger partial charge in [0.25, 0.3) is 5.91 Å². The molecule has 7 nitrogen and oxygen atoms in total. The molecule has 0 fully saturated rings. The molecule has 0 aliphatic heterocycles. The van der Waals surface area contributed by atoms with Crippen LogP contribution in [-0.2, 0) is 14.3 Å². The Labute approximate surface area is 164 Å². The highest BCUT2D eigenvalue weighted by molar-refractivity contribution is 5.98. The summed E-state index contributed by atoms with van der Waals surface area (Å²) in [6.07, 6.45) is 0. The molecule has 0 saturated carbocycles. The van der Waals surface area contributed by atoms with Crippen LogP contribution in [0.5, 0.6) is 0 Å². The molecule has 0 saturated heterocycles. The maximum Gasteiger partial charge on any atom is 0.340 e. The minimum Gasteiger partial charge on any atom is -0.452 e. The molecule has 2 aromatic rings. The van der Waals surface area contributed by atoms with E-state index in [4.69, 9.17) is 10.5 Å². The van der Waals surface area contributed by atoms with Crippen molar-refractivity contribution in [3.8, 4) is 0 Å². The van der Waals surface area contributed by atoms with Gasteiger partial charge >= 0.3 is 5.97 Å². The van der Waals surface area contributed by atoms with Crippen molar-refractivity contribution in [3.05, 3.63) is 58.1 Å². The Kier molecular flexibility index (Phi) is 6.76. The Hall–Kier alpha value is -3.35. The van der Waals surface area contributed by atoms with E-state index in [9.17, 15) is 14.4 Å². The van der Waals surface area contributed by atoms with Crippen LogP contribution in [0, 0.1) is 27.7 Å². The number of nitrogens with two attached hydrogens (primary N) is 1. The number of amides is 2. The molecule has 0 atom stereocenters. The Morgan fingerprint density at radius 1 is 0.964 bits per heavy atom. The molecule has 2 rings (SSSR count). The van der Waals surface area contributed by atoms with Gasteiger partial charge in [-0.2, -0.15) is 0 Å². The smallest absolute Gasteiger partial charge is 0.340 e. The third kappa shape index (κ3) is 5.33. The largest absolute Gasteiger partial charge is 0.452 e. The number of nitrogens with one attached hydrogen (secondary N) is 2. The van der Waals surface area contributed by atoms with E-state index in [0.29, 0.717) is 5.69 Å². The van der Waals surface area contributed by atoms with Crippen molar-refractivity contribution < 1.29 is 19.1 Å². The first-order valence-electron chi connectivity index (χ1n) is 8.85. The molecule has 0 aliphatic rings. The van der Waals surface area contributed by atoms with Crippen LogP contribution in [0.1, 0.15) is 32.6 Å². The number of rotatable bonds is 6. The lowest BCUT2D eigenvalue weighted by Gasteiger charge is -2.13. The van der Waals surface area contributed by atoms with Gasteiger partial charge in [0.1, 0.15) is 0 Å². The fourth-order valence-corrected chi connectivity index (χ4v) is 2.86. The van der Waals surface area contributed by atoms with Crippen LogP contribution in [0.25, 0.3) is 0 Å². The summed E-state index contributed by atoms with van der Waals surface area (Å²) in [5.41, 5.74) is 10.8. The molecule has 7 heteroatoms. The molecule has 0 unspecified atom stereocenters. The highest BCUT2D eigenvalue weighted by atomic mass is 16.5. The molecule has 148 valence electrons. The number of carbonyl (C=O) groups excluding carboxylic acids is 3. The number of nitrogen functional groups attached to an aromatic ring is 1. The molecule has 0 heterocycles. The maximum atomic E-state index is 12.1. The predicted octanol–water partition coefficient (Wildman–Crippen LogP) is 2.41. The monoisotopic (exact) mass is 383 g/mol. The van der Waals surface area contributed by atoms with E-state index < -0.39 is 18.5 Å². The summed E-state index contributed by atoms with van der Waals surface area (Å²) in [6, 6.07) is 8.92. The third-order valence-corrected chi connectivity index (χ3v) is 4.27. The molecule has 0 radical (unpaired) electrons. The third-order valence-electron chi connectivity index (χ3n) is 4.27. The fourth-order valence-electron chi connectivity index (χ4n) is 2.86. The quantitative estimate of drug-likeness (QED) is 0.524. The molecule has 0 aliphatic carbocycles. The Morgan fingerprint density at radius 3 is 2.25 bits per heavy atom. The van der Waals surface area contributed by atoms with Crippen LogP contribution < -0.4 is 16.4 Å².